The summed E-state index contributed by atoms with van der Waals surface area (Å²) in [6, 6.07) is 16.9. The lowest BCUT2D eigenvalue weighted by atomic mass is 9.60. The Morgan fingerprint density at radius 1 is 1.10 bits per heavy atom. The van der Waals surface area contributed by atoms with Gasteiger partial charge in [-0.2, -0.15) is 0 Å². The third-order valence-corrected chi connectivity index (χ3v) is 6.97. The lowest BCUT2D eigenvalue weighted by Crippen LogP contribution is -2.84. The lowest BCUT2D eigenvalue weighted by Gasteiger charge is -2.71. The van der Waals surface area contributed by atoms with E-state index in [9.17, 15) is 14.3 Å². The Kier molecular flexibility index (Phi) is 4.67. The van der Waals surface area contributed by atoms with Crippen molar-refractivity contribution in [2.75, 3.05) is 19.7 Å². The minimum absolute atomic E-state index is 0.0265. The zero-order chi connectivity index (χ0) is 20.0. The molecule has 5 heteroatoms. The van der Waals surface area contributed by atoms with Crippen molar-refractivity contribution >= 4 is 5.91 Å². The van der Waals surface area contributed by atoms with Crippen LogP contribution >= 0.6 is 0 Å². The van der Waals surface area contributed by atoms with Crippen molar-refractivity contribution in [2.24, 2.45) is 5.92 Å². The molecule has 0 bridgehead atoms. The van der Waals surface area contributed by atoms with Crippen LogP contribution in [0.3, 0.4) is 0 Å². The number of amides is 1. The van der Waals surface area contributed by atoms with Crippen LogP contribution in [-0.4, -0.2) is 52.1 Å². The van der Waals surface area contributed by atoms with E-state index < -0.39 is 0 Å². The average Bonchev–Trinajstić information content (AvgIpc) is 3.49. The number of halogens is 1. The number of hydrogen-bond acceptors (Lipinski definition) is 3. The van der Waals surface area contributed by atoms with Gasteiger partial charge in [0.15, 0.2) is 0 Å². The number of nitrogens with zero attached hydrogens (tertiary/aromatic N) is 2. The second kappa shape index (κ2) is 7.22. The summed E-state index contributed by atoms with van der Waals surface area (Å²) in [6.45, 7) is 2.00. The van der Waals surface area contributed by atoms with Crippen LogP contribution in [0.2, 0.25) is 0 Å². The minimum Gasteiger partial charge on any atom is -0.395 e. The molecule has 2 aromatic carbocycles. The Morgan fingerprint density at radius 2 is 1.86 bits per heavy atom. The van der Waals surface area contributed by atoms with Gasteiger partial charge in [0.1, 0.15) is 5.82 Å². The van der Waals surface area contributed by atoms with Gasteiger partial charge >= 0.3 is 0 Å². The highest BCUT2D eigenvalue weighted by Gasteiger charge is 2.66. The zero-order valence-corrected chi connectivity index (χ0v) is 16.5. The van der Waals surface area contributed by atoms with Crippen LogP contribution in [0, 0.1) is 11.7 Å². The Balaban J connectivity index is 1.40. The molecule has 0 aromatic heterocycles. The number of benzene rings is 2. The summed E-state index contributed by atoms with van der Waals surface area (Å²) in [5, 5.41) is 10.2. The highest BCUT2D eigenvalue weighted by molar-refractivity contribution is 5.78. The topological polar surface area (TPSA) is 43.8 Å². The smallest absolute Gasteiger partial charge is 0.222 e. The summed E-state index contributed by atoms with van der Waals surface area (Å²) in [5.41, 5.74) is 1.92. The maximum Gasteiger partial charge on any atom is 0.222 e. The number of carbonyl (C=O) groups is 1. The van der Waals surface area contributed by atoms with Gasteiger partial charge in [0, 0.05) is 38.0 Å². The van der Waals surface area contributed by atoms with E-state index in [0.29, 0.717) is 32.0 Å². The molecular weight excluding hydrogens is 367 g/mol. The molecule has 2 aromatic rings. The van der Waals surface area contributed by atoms with Gasteiger partial charge in [0.05, 0.1) is 12.1 Å². The van der Waals surface area contributed by atoms with Gasteiger partial charge in [-0.15, -0.1) is 0 Å². The van der Waals surface area contributed by atoms with E-state index in [1.807, 2.05) is 29.2 Å². The Hall–Kier alpha value is -2.24. The number of rotatable bonds is 6. The quantitative estimate of drug-likeness (QED) is 0.819. The van der Waals surface area contributed by atoms with Crippen LogP contribution in [-0.2, 0) is 11.3 Å². The van der Waals surface area contributed by atoms with E-state index in [1.165, 1.54) is 24.5 Å². The standard InChI is InChI=1S/C24H27FN2O2/c25-20-8-4-5-18(11-20)13-27-21(14-28)23(19-6-2-1-3-7-19)24(27)15-26(16-24)22(29)12-17-9-10-17/h1-8,11,17,21,23,28H,9-10,12-16H2/t21-,23+/m1/s1. The fraction of sp³-hybridized carbons (Fsp3) is 0.458. The van der Waals surface area contributed by atoms with E-state index in [-0.39, 0.29) is 35.8 Å². The predicted octanol–water partition coefficient (Wildman–Crippen LogP) is 3.17. The first-order valence-electron chi connectivity index (χ1n) is 10.6. The highest BCUT2D eigenvalue weighted by Crippen LogP contribution is 2.54. The molecule has 0 radical (unpaired) electrons. The first-order chi connectivity index (χ1) is 14.1. The molecule has 2 aliphatic heterocycles. The van der Waals surface area contributed by atoms with E-state index in [1.54, 1.807) is 12.1 Å². The van der Waals surface area contributed by atoms with Crippen LogP contribution in [0.5, 0.6) is 0 Å². The first kappa shape index (κ1) is 18.8. The summed E-state index contributed by atoms with van der Waals surface area (Å²) in [6.07, 6.45) is 3.02. The first-order valence-corrected chi connectivity index (χ1v) is 10.6. The summed E-state index contributed by atoms with van der Waals surface area (Å²) in [7, 11) is 0. The number of hydrogen-bond donors (Lipinski definition) is 1. The van der Waals surface area contributed by atoms with Gasteiger partial charge in [-0.25, -0.2) is 4.39 Å². The Bertz CT molecular complexity index is 893. The third kappa shape index (κ3) is 3.26. The highest BCUT2D eigenvalue weighted by atomic mass is 19.1. The fourth-order valence-corrected chi connectivity index (χ4v) is 5.34. The molecule has 0 unspecified atom stereocenters. The monoisotopic (exact) mass is 394 g/mol. The summed E-state index contributed by atoms with van der Waals surface area (Å²) < 4.78 is 13.7. The van der Waals surface area contributed by atoms with E-state index in [0.717, 1.165) is 5.56 Å². The number of likely N-dealkylation sites (tertiary alicyclic amines) is 2. The molecule has 152 valence electrons. The van der Waals surface area contributed by atoms with Crippen LogP contribution < -0.4 is 0 Å². The second-order valence-electron chi connectivity index (χ2n) is 8.90. The van der Waals surface area contributed by atoms with Crippen LogP contribution in [0.4, 0.5) is 4.39 Å². The average molecular weight is 394 g/mol. The Morgan fingerprint density at radius 3 is 2.52 bits per heavy atom. The SMILES string of the molecule is O=C(CC1CC1)N1CC2(C1)[C@@H](c1ccccc1)[C@@H](CO)N2Cc1cccc(F)c1. The van der Waals surface area contributed by atoms with Crippen molar-refractivity contribution in [2.45, 2.75) is 43.3 Å². The van der Waals surface area contributed by atoms with E-state index >= 15 is 0 Å². The number of carbonyl (C=O) groups excluding carboxylic acids is 1. The minimum atomic E-state index is -0.243. The van der Waals surface area contributed by atoms with Crippen molar-refractivity contribution in [3.63, 3.8) is 0 Å². The molecule has 1 N–H and O–H groups in total. The molecule has 1 aliphatic carbocycles. The molecule has 2 saturated heterocycles. The lowest BCUT2D eigenvalue weighted by molar-refractivity contribution is -0.200. The van der Waals surface area contributed by atoms with Crippen LogP contribution in [0.25, 0.3) is 0 Å². The van der Waals surface area contributed by atoms with E-state index in [2.05, 4.69) is 17.0 Å². The van der Waals surface area contributed by atoms with Crippen molar-refractivity contribution in [1.29, 1.82) is 0 Å². The van der Waals surface area contributed by atoms with Gasteiger partial charge in [0.25, 0.3) is 0 Å². The van der Waals surface area contributed by atoms with Gasteiger partial charge in [-0.3, -0.25) is 9.69 Å². The molecular formula is C24H27FN2O2. The summed E-state index contributed by atoms with van der Waals surface area (Å²) in [5.74, 6) is 0.765. The molecule has 2 atom stereocenters. The normalized spacial score (nSPS) is 25.5. The summed E-state index contributed by atoms with van der Waals surface area (Å²) >= 11 is 0. The van der Waals surface area contributed by atoms with Gasteiger partial charge in [-0.05, 0) is 42.0 Å². The van der Waals surface area contributed by atoms with Gasteiger partial charge in [-0.1, -0.05) is 42.5 Å². The second-order valence-corrected chi connectivity index (χ2v) is 8.90. The maximum absolute atomic E-state index is 13.7. The van der Waals surface area contributed by atoms with Crippen molar-refractivity contribution in [3.05, 3.63) is 71.5 Å². The molecule has 1 amide bonds. The largest absolute Gasteiger partial charge is 0.395 e. The summed E-state index contributed by atoms with van der Waals surface area (Å²) in [4.78, 5) is 16.9. The molecule has 2 heterocycles. The zero-order valence-electron chi connectivity index (χ0n) is 16.5. The number of aliphatic hydroxyl groups excluding tert-OH is 1. The molecule has 1 spiro atoms. The van der Waals surface area contributed by atoms with Crippen LogP contribution in [0.15, 0.2) is 54.6 Å². The van der Waals surface area contributed by atoms with Crippen LogP contribution in [0.1, 0.15) is 36.3 Å². The van der Waals surface area contributed by atoms with Crippen molar-refractivity contribution in [1.82, 2.24) is 9.80 Å². The fourth-order valence-electron chi connectivity index (χ4n) is 5.34. The van der Waals surface area contributed by atoms with Crippen molar-refractivity contribution in [3.8, 4) is 0 Å². The Labute approximate surface area is 170 Å². The van der Waals surface area contributed by atoms with E-state index in [4.69, 9.17) is 0 Å². The van der Waals surface area contributed by atoms with Crippen molar-refractivity contribution < 1.29 is 14.3 Å². The predicted molar refractivity (Wildman–Crippen MR) is 109 cm³/mol. The molecule has 5 rings (SSSR count). The molecule has 4 nitrogen and oxygen atoms in total. The maximum atomic E-state index is 13.7. The molecule has 1 saturated carbocycles. The number of aliphatic hydroxyl groups is 1. The third-order valence-electron chi connectivity index (χ3n) is 6.97. The molecule has 29 heavy (non-hydrogen) atoms. The van der Waals surface area contributed by atoms with Gasteiger partial charge < -0.3 is 10.0 Å². The van der Waals surface area contributed by atoms with Gasteiger partial charge in [0.2, 0.25) is 5.91 Å². The molecule has 3 aliphatic rings. The molecule has 3 fully saturated rings.